The molecule has 0 unspecified atom stereocenters. The van der Waals surface area contributed by atoms with Gasteiger partial charge in [-0.15, -0.1) is 0 Å². The zero-order valence-electron chi connectivity index (χ0n) is 12.1. The molecular weight excluding hydrogens is 288 g/mol. The predicted octanol–water partition coefficient (Wildman–Crippen LogP) is 2.95. The Labute approximate surface area is 121 Å². The van der Waals surface area contributed by atoms with Crippen LogP contribution < -0.4 is 10.2 Å². The Hall–Kier alpha value is -1.34. The number of nitrogens with one attached hydrogen (secondary N) is 1. The molecule has 0 aliphatic carbocycles. The monoisotopic (exact) mass is 308 g/mol. The van der Waals surface area contributed by atoms with E-state index in [1.54, 1.807) is 14.2 Å². The van der Waals surface area contributed by atoms with Crippen molar-refractivity contribution < 1.29 is 22.3 Å². The van der Waals surface area contributed by atoms with Gasteiger partial charge >= 0.3 is 6.18 Å². The molecule has 1 rings (SSSR count). The number of ether oxygens (including phenoxy) is 1. The molecule has 1 aromatic carbocycles. The van der Waals surface area contributed by atoms with Crippen LogP contribution in [0.25, 0.3) is 0 Å². The van der Waals surface area contributed by atoms with Crippen LogP contribution in [0.5, 0.6) is 0 Å². The molecule has 1 N–H and O–H groups in total. The summed E-state index contributed by atoms with van der Waals surface area (Å²) in [6.07, 6.45) is -5.11. The highest BCUT2D eigenvalue weighted by atomic mass is 19.4. The van der Waals surface area contributed by atoms with E-state index in [2.05, 4.69) is 5.32 Å². The molecule has 0 aliphatic heterocycles. The molecule has 21 heavy (non-hydrogen) atoms. The number of rotatable bonds is 8. The van der Waals surface area contributed by atoms with Crippen LogP contribution in [0, 0.1) is 5.82 Å². The van der Waals surface area contributed by atoms with Crippen molar-refractivity contribution in [3.05, 3.63) is 29.6 Å². The molecular formula is C14H20F4N2O. The number of alkyl halides is 3. The number of hydrogen-bond acceptors (Lipinski definition) is 3. The van der Waals surface area contributed by atoms with E-state index >= 15 is 0 Å². The molecule has 0 atom stereocenters. The van der Waals surface area contributed by atoms with Gasteiger partial charge in [0, 0.05) is 39.5 Å². The average Bonchev–Trinajstić information content (AvgIpc) is 2.40. The number of anilines is 1. The maximum atomic E-state index is 13.3. The molecule has 0 bridgehead atoms. The molecule has 0 fully saturated rings. The SMILES string of the molecule is COCCNCc1cc(F)ccc1N(C)CCC(F)(F)F. The van der Waals surface area contributed by atoms with Crippen molar-refractivity contribution >= 4 is 5.69 Å². The molecule has 120 valence electrons. The van der Waals surface area contributed by atoms with Crippen LogP contribution in [0.2, 0.25) is 0 Å². The molecule has 0 saturated heterocycles. The van der Waals surface area contributed by atoms with Gasteiger partial charge in [-0.25, -0.2) is 4.39 Å². The maximum Gasteiger partial charge on any atom is 0.390 e. The summed E-state index contributed by atoms with van der Waals surface area (Å²) >= 11 is 0. The van der Waals surface area contributed by atoms with E-state index in [1.165, 1.54) is 23.1 Å². The fraction of sp³-hybridized carbons (Fsp3) is 0.571. The van der Waals surface area contributed by atoms with E-state index < -0.39 is 18.4 Å². The van der Waals surface area contributed by atoms with Crippen molar-refractivity contribution in [2.24, 2.45) is 0 Å². The van der Waals surface area contributed by atoms with Crippen molar-refractivity contribution in [1.82, 2.24) is 5.32 Å². The first-order valence-electron chi connectivity index (χ1n) is 6.59. The van der Waals surface area contributed by atoms with E-state index in [4.69, 9.17) is 4.74 Å². The van der Waals surface area contributed by atoms with Crippen molar-refractivity contribution in [2.45, 2.75) is 19.1 Å². The highest BCUT2D eigenvalue weighted by molar-refractivity contribution is 5.53. The summed E-state index contributed by atoms with van der Waals surface area (Å²) in [6, 6.07) is 4.08. The first kappa shape index (κ1) is 17.7. The first-order valence-corrected chi connectivity index (χ1v) is 6.59. The summed E-state index contributed by atoms with van der Waals surface area (Å²) in [5.41, 5.74) is 1.21. The molecule has 0 spiro atoms. The minimum absolute atomic E-state index is 0.166. The van der Waals surface area contributed by atoms with E-state index in [1.807, 2.05) is 0 Å². The van der Waals surface area contributed by atoms with Gasteiger partial charge in [-0.2, -0.15) is 13.2 Å². The molecule has 0 saturated carbocycles. The number of halogens is 4. The Morgan fingerprint density at radius 2 is 2.00 bits per heavy atom. The lowest BCUT2D eigenvalue weighted by atomic mass is 10.1. The van der Waals surface area contributed by atoms with Crippen LogP contribution in [-0.4, -0.2) is 40.0 Å². The molecule has 0 aromatic heterocycles. The summed E-state index contributed by atoms with van der Waals surface area (Å²) in [5.74, 6) is -0.411. The van der Waals surface area contributed by atoms with Gasteiger partial charge in [0.2, 0.25) is 0 Å². The van der Waals surface area contributed by atoms with Gasteiger partial charge in [0.05, 0.1) is 13.0 Å². The number of methoxy groups -OCH3 is 1. The zero-order valence-corrected chi connectivity index (χ0v) is 12.1. The van der Waals surface area contributed by atoms with Crippen LogP contribution >= 0.6 is 0 Å². The van der Waals surface area contributed by atoms with Gasteiger partial charge in [0.15, 0.2) is 0 Å². The topological polar surface area (TPSA) is 24.5 Å². The van der Waals surface area contributed by atoms with Crippen LogP contribution in [0.1, 0.15) is 12.0 Å². The van der Waals surface area contributed by atoms with Gasteiger partial charge in [-0.3, -0.25) is 0 Å². The summed E-state index contributed by atoms with van der Waals surface area (Å²) in [4.78, 5) is 1.49. The molecule has 3 nitrogen and oxygen atoms in total. The quantitative estimate of drug-likeness (QED) is 0.590. The molecule has 1 aromatic rings. The lowest BCUT2D eigenvalue weighted by Gasteiger charge is -2.23. The van der Waals surface area contributed by atoms with E-state index in [9.17, 15) is 17.6 Å². The third-order valence-corrected chi connectivity index (χ3v) is 2.98. The smallest absolute Gasteiger partial charge is 0.383 e. The maximum absolute atomic E-state index is 13.3. The number of hydrogen-bond donors (Lipinski definition) is 1. The van der Waals surface area contributed by atoms with Crippen molar-refractivity contribution in [1.29, 1.82) is 0 Å². The van der Waals surface area contributed by atoms with E-state index in [-0.39, 0.29) is 6.54 Å². The second kappa shape index (κ2) is 8.19. The second-order valence-electron chi connectivity index (χ2n) is 4.73. The Bertz CT molecular complexity index is 437. The first-order chi connectivity index (χ1) is 9.83. The van der Waals surface area contributed by atoms with Crippen LogP contribution in [-0.2, 0) is 11.3 Å². The highest BCUT2D eigenvalue weighted by Gasteiger charge is 2.27. The summed E-state index contributed by atoms with van der Waals surface area (Å²) < 4.78 is 55.0. The fourth-order valence-electron chi connectivity index (χ4n) is 1.88. The summed E-state index contributed by atoms with van der Waals surface area (Å²) in [7, 11) is 3.14. The molecule has 0 amide bonds. The lowest BCUT2D eigenvalue weighted by molar-refractivity contribution is -0.132. The summed E-state index contributed by atoms with van der Waals surface area (Å²) in [5, 5.41) is 3.06. The third kappa shape index (κ3) is 6.77. The van der Waals surface area contributed by atoms with Crippen LogP contribution in [0.4, 0.5) is 23.2 Å². The number of nitrogens with zero attached hydrogens (tertiary/aromatic N) is 1. The molecule has 0 heterocycles. The minimum Gasteiger partial charge on any atom is -0.383 e. The van der Waals surface area contributed by atoms with Crippen molar-refractivity contribution in [3.8, 4) is 0 Å². The highest BCUT2D eigenvalue weighted by Crippen LogP contribution is 2.24. The van der Waals surface area contributed by atoms with Crippen LogP contribution in [0.3, 0.4) is 0 Å². The normalized spacial score (nSPS) is 11.7. The Balaban J connectivity index is 2.70. The largest absolute Gasteiger partial charge is 0.390 e. The van der Waals surface area contributed by atoms with Gasteiger partial charge in [0.1, 0.15) is 5.82 Å². The lowest BCUT2D eigenvalue weighted by Crippen LogP contribution is -2.26. The van der Waals surface area contributed by atoms with Gasteiger partial charge < -0.3 is 15.0 Å². The third-order valence-electron chi connectivity index (χ3n) is 2.98. The second-order valence-corrected chi connectivity index (χ2v) is 4.73. The van der Waals surface area contributed by atoms with E-state index in [0.717, 1.165) is 0 Å². The standard InChI is InChI=1S/C14H20F4N2O/c1-20(7-5-14(16,17)18)13-4-3-12(15)9-11(13)10-19-6-8-21-2/h3-4,9,19H,5-8,10H2,1-2H3. The Morgan fingerprint density at radius 3 is 2.62 bits per heavy atom. The van der Waals surface area contributed by atoms with E-state index in [0.29, 0.717) is 30.9 Å². The Morgan fingerprint density at radius 1 is 1.29 bits per heavy atom. The Kier molecular flexibility index (Phi) is 6.91. The molecule has 7 heteroatoms. The zero-order chi connectivity index (χ0) is 15.9. The molecule has 0 aliphatic rings. The predicted molar refractivity (Wildman–Crippen MR) is 73.9 cm³/mol. The molecule has 0 radical (unpaired) electrons. The van der Waals surface area contributed by atoms with Gasteiger partial charge in [-0.05, 0) is 23.8 Å². The van der Waals surface area contributed by atoms with Gasteiger partial charge in [0.25, 0.3) is 0 Å². The number of benzene rings is 1. The average molecular weight is 308 g/mol. The summed E-state index contributed by atoms with van der Waals surface area (Å²) in [6.45, 7) is 1.29. The fourth-order valence-corrected chi connectivity index (χ4v) is 1.88. The van der Waals surface area contributed by atoms with Crippen LogP contribution in [0.15, 0.2) is 18.2 Å². The van der Waals surface area contributed by atoms with Crippen molar-refractivity contribution in [3.63, 3.8) is 0 Å². The van der Waals surface area contributed by atoms with Gasteiger partial charge in [-0.1, -0.05) is 0 Å². The van der Waals surface area contributed by atoms with Crippen molar-refractivity contribution in [2.75, 3.05) is 38.8 Å². The minimum atomic E-state index is -4.20.